The van der Waals surface area contributed by atoms with Gasteiger partial charge in [-0.3, -0.25) is 0 Å². The number of rotatable bonds is 5. The molecule has 15 heavy (non-hydrogen) atoms. The average molecular weight is 228 g/mol. The Morgan fingerprint density at radius 1 is 1.20 bits per heavy atom. The van der Waals surface area contributed by atoms with Gasteiger partial charge in [0.15, 0.2) is 9.84 Å². The van der Waals surface area contributed by atoms with E-state index < -0.39 is 9.84 Å². The average Bonchev–Trinajstić information content (AvgIpc) is 2.18. The molecule has 0 bridgehead atoms. The lowest BCUT2D eigenvalue weighted by Crippen LogP contribution is -2.84. The molecule has 1 rings (SSSR count). The molecule has 0 aliphatic heterocycles. The maximum Gasteiger partial charge on any atom is 0.183 e. The van der Waals surface area contributed by atoms with E-state index in [-0.39, 0.29) is 5.75 Å². The van der Waals surface area contributed by atoms with Gasteiger partial charge in [-0.2, -0.15) is 0 Å². The fraction of sp³-hybridized carbons (Fsp3) is 0.455. The van der Waals surface area contributed by atoms with Crippen LogP contribution in [0.2, 0.25) is 0 Å². The summed E-state index contributed by atoms with van der Waals surface area (Å²) in [6, 6.07) is 7.01. The highest BCUT2D eigenvalue weighted by atomic mass is 32.2. The maximum atomic E-state index is 11.8. The minimum Gasteiger partial charge on any atom is -0.346 e. The van der Waals surface area contributed by atoms with E-state index in [4.69, 9.17) is 0 Å². The summed E-state index contributed by atoms with van der Waals surface area (Å²) >= 11 is 0. The molecule has 0 fully saturated rings. The van der Waals surface area contributed by atoms with E-state index in [0.717, 1.165) is 12.1 Å². The smallest absolute Gasteiger partial charge is 0.183 e. The third-order valence-corrected chi connectivity index (χ3v) is 4.02. The van der Waals surface area contributed by atoms with Crippen molar-refractivity contribution in [3.63, 3.8) is 0 Å². The highest BCUT2D eigenvalue weighted by Gasteiger charge is 2.14. The van der Waals surface area contributed by atoms with Crippen LogP contribution in [-0.2, 0) is 9.84 Å². The maximum absolute atomic E-state index is 11.8. The van der Waals surface area contributed by atoms with Crippen molar-refractivity contribution in [2.75, 3.05) is 18.8 Å². The topological polar surface area (TPSA) is 50.8 Å². The van der Waals surface area contributed by atoms with E-state index in [2.05, 4.69) is 0 Å². The van der Waals surface area contributed by atoms with E-state index >= 15 is 0 Å². The van der Waals surface area contributed by atoms with Crippen LogP contribution < -0.4 is 5.32 Å². The van der Waals surface area contributed by atoms with Crippen LogP contribution in [0.5, 0.6) is 0 Å². The molecule has 0 aliphatic rings. The van der Waals surface area contributed by atoms with Crippen molar-refractivity contribution in [2.45, 2.75) is 18.7 Å². The van der Waals surface area contributed by atoms with E-state index in [1.807, 2.05) is 31.3 Å². The minimum absolute atomic E-state index is 0.212. The summed E-state index contributed by atoms with van der Waals surface area (Å²) in [5.41, 5.74) is 1.08. The quantitative estimate of drug-likeness (QED) is 0.739. The molecule has 4 heteroatoms. The van der Waals surface area contributed by atoms with Gasteiger partial charge in [0, 0.05) is 0 Å². The molecule has 84 valence electrons. The monoisotopic (exact) mass is 228 g/mol. The third-order valence-electron chi connectivity index (χ3n) is 2.26. The molecule has 0 amide bonds. The molecule has 0 aromatic heterocycles. The van der Waals surface area contributed by atoms with Crippen molar-refractivity contribution in [1.82, 2.24) is 0 Å². The first-order valence-corrected chi connectivity index (χ1v) is 6.82. The van der Waals surface area contributed by atoms with E-state index in [1.54, 1.807) is 12.1 Å². The molecule has 0 saturated carbocycles. The van der Waals surface area contributed by atoms with Crippen molar-refractivity contribution in [1.29, 1.82) is 0 Å². The zero-order chi connectivity index (χ0) is 11.3. The second-order valence-electron chi connectivity index (χ2n) is 3.62. The van der Waals surface area contributed by atoms with Crippen LogP contribution in [-0.4, -0.2) is 27.3 Å². The summed E-state index contributed by atoms with van der Waals surface area (Å²) in [5.74, 6) is 0.212. The Morgan fingerprint density at radius 2 is 1.80 bits per heavy atom. The first-order chi connectivity index (χ1) is 7.06. The molecule has 1 aromatic carbocycles. The normalized spacial score (nSPS) is 11.6. The van der Waals surface area contributed by atoms with Gasteiger partial charge in [0.1, 0.15) is 5.75 Å². The zero-order valence-corrected chi connectivity index (χ0v) is 10.0. The highest BCUT2D eigenvalue weighted by Crippen LogP contribution is 2.11. The first-order valence-electron chi connectivity index (χ1n) is 5.17. The van der Waals surface area contributed by atoms with E-state index in [9.17, 15) is 8.42 Å². The largest absolute Gasteiger partial charge is 0.346 e. The Bertz CT molecular complexity index is 395. The molecule has 0 saturated heterocycles. The van der Waals surface area contributed by atoms with Crippen LogP contribution in [0, 0.1) is 6.92 Å². The van der Waals surface area contributed by atoms with Gasteiger partial charge < -0.3 is 5.32 Å². The predicted octanol–water partition coefficient (Wildman–Crippen LogP) is 0.352. The molecule has 0 radical (unpaired) electrons. The molecule has 0 atom stereocenters. The number of hydrogen-bond acceptors (Lipinski definition) is 2. The Labute approximate surface area is 91.4 Å². The van der Waals surface area contributed by atoms with Crippen molar-refractivity contribution in [3.05, 3.63) is 29.8 Å². The summed E-state index contributed by atoms with van der Waals surface area (Å²) in [5, 5.41) is 1.99. The summed E-state index contributed by atoms with van der Waals surface area (Å²) < 4.78 is 23.6. The molecule has 0 unspecified atom stereocenters. The lowest BCUT2D eigenvalue weighted by Gasteiger charge is -2.03. The van der Waals surface area contributed by atoms with Gasteiger partial charge in [-0.25, -0.2) is 8.42 Å². The van der Waals surface area contributed by atoms with Gasteiger partial charge in [0.2, 0.25) is 0 Å². The van der Waals surface area contributed by atoms with Crippen molar-refractivity contribution in [2.24, 2.45) is 0 Å². The fourth-order valence-corrected chi connectivity index (χ4v) is 2.57. The standard InChI is InChI=1S/C11H17NO2S/c1-3-12-8-9-15(13,14)11-6-4-10(2)5-7-11/h4-7,12H,3,8-9H2,1-2H3/p+1. The van der Waals surface area contributed by atoms with Gasteiger partial charge in [0.05, 0.1) is 18.0 Å². The molecule has 3 nitrogen and oxygen atoms in total. The van der Waals surface area contributed by atoms with Crippen molar-refractivity contribution >= 4 is 9.84 Å². The Kier molecular flexibility index (Phi) is 4.29. The summed E-state index contributed by atoms with van der Waals surface area (Å²) in [6.07, 6.45) is 0. The van der Waals surface area contributed by atoms with Crippen molar-refractivity contribution in [3.8, 4) is 0 Å². The number of benzene rings is 1. The number of quaternary nitrogens is 1. The van der Waals surface area contributed by atoms with Gasteiger partial charge in [-0.15, -0.1) is 0 Å². The van der Waals surface area contributed by atoms with Gasteiger partial charge in [-0.05, 0) is 26.0 Å². The fourth-order valence-electron chi connectivity index (χ4n) is 1.31. The zero-order valence-electron chi connectivity index (χ0n) is 9.23. The van der Waals surface area contributed by atoms with Crippen LogP contribution in [0.15, 0.2) is 29.2 Å². The lowest BCUT2D eigenvalue weighted by atomic mass is 10.2. The first kappa shape index (κ1) is 12.2. The molecular formula is C11H18NO2S+. The highest BCUT2D eigenvalue weighted by molar-refractivity contribution is 7.91. The summed E-state index contributed by atoms with van der Waals surface area (Å²) in [7, 11) is -3.08. The molecule has 2 N–H and O–H groups in total. The summed E-state index contributed by atoms with van der Waals surface area (Å²) in [6.45, 7) is 5.51. The molecular weight excluding hydrogens is 210 g/mol. The van der Waals surface area contributed by atoms with E-state index in [0.29, 0.717) is 11.4 Å². The van der Waals surface area contributed by atoms with E-state index in [1.165, 1.54) is 0 Å². The van der Waals surface area contributed by atoms with Crippen LogP contribution in [0.1, 0.15) is 12.5 Å². The Hall–Kier alpha value is -0.870. The van der Waals surface area contributed by atoms with Crippen molar-refractivity contribution < 1.29 is 13.7 Å². The number of nitrogens with two attached hydrogens (primary N) is 1. The number of aryl methyl sites for hydroxylation is 1. The Balaban J connectivity index is 2.73. The Morgan fingerprint density at radius 3 is 2.33 bits per heavy atom. The second kappa shape index (κ2) is 5.28. The molecule has 0 heterocycles. The van der Waals surface area contributed by atoms with Crippen LogP contribution in [0.3, 0.4) is 0 Å². The third kappa shape index (κ3) is 3.64. The van der Waals surface area contributed by atoms with Crippen LogP contribution in [0.4, 0.5) is 0 Å². The lowest BCUT2D eigenvalue weighted by molar-refractivity contribution is -0.647. The second-order valence-corrected chi connectivity index (χ2v) is 5.73. The predicted molar refractivity (Wildman–Crippen MR) is 60.6 cm³/mol. The molecule has 1 aromatic rings. The van der Waals surface area contributed by atoms with Gasteiger partial charge in [0.25, 0.3) is 0 Å². The van der Waals surface area contributed by atoms with Crippen LogP contribution >= 0.6 is 0 Å². The number of hydrogen-bond donors (Lipinski definition) is 1. The molecule has 0 spiro atoms. The van der Waals surface area contributed by atoms with Gasteiger partial charge >= 0.3 is 0 Å². The number of sulfone groups is 1. The SMILES string of the molecule is CC[NH2+]CCS(=O)(=O)c1ccc(C)cc1. The summed E-state index contributed by atoms with van der Waals surface area (Å²) in [4.78, 5) is 0.428. The van der Waals surface area contributed by atoms with Crippen LogP contribution in [0.25, 0.3) is 0 Å². The van der Waals surface area contributed by atoms with Gasteiger partial charge in [-0.1, -0.05) is 17.7 Å². The minimum atomic E-state index is -3.08. The molecule has 0 aliphatic carbocycles.